The number of hydrogen-bond acceptors (Lipinski definition) is 1. The van der Waals surface area contributed by atoms with E-state index in [4.69, 9.17) is 11.8 Å². The van der Waals surface area contributed by atoms with Gasteiger partial charge in [-0.25, -0.2) is 0 Å². The average Bonchev–Trinajstić information content (AvgIpc) is 2.37. The Hall–Kier alpha value is -0.690. The second-order valence-electron chi connectivity index (χ2n) is 4.93. The predicted octanol–water partition coefficient (Wildman–Crippen LogP) is 5.40. The molecule has 0 fully saturated rings. The molecule has 0 aliphatic carbocycles. The van der Waals surface area contributed by atoms with Gasteiger partial charge in [0, 0.05) is 17.5 Å². The summed E-state index contributed by atoms with van der Waals surface area (Å²) in [4.78, 5) is 2.67. The van der Waals surface area contributed by atoms with Crippen molar-refractivity contribution in [1.82, 2.24) is 0 Å². The molecule has 1 aromatic carbocycles. The van der Waals surface area contributed by atoms with E-state index in [2.05, 4.69) is 36.9 Å². The average molecular weight is 254 g/mol. The van der Waals surface area contributed by atoms with Gasteiger partial charge in [0.15, 0.2) is 0 Å². The summed E-state index contributed by atoms with van der Waals surface area (Å²) in [6.45, 7) is 4.62. The van der Waals surface area contributed by atoms with Crippen LogP contribution >= 0.6 is 11.8 Å². The summed E-state index contributed by atoms with van der Waals surface area (Å²) in [7, 11) is 0. The van der Waals surface area contributed by atoms with Crippen molar-refractivity contribution in [2.75, 3.05) is 4.84 Å². The van der Waals surface area contributed by atoms with Crippen molar-refractivity contribution < 1.29 is 0 Å². The molecule has 17 heavy (non-hydrogen) atoms. The van der Waals surface area contributed by atoms with E-state index in [1.165, 1.54) is 37.7 Å². The van der Waals surface area contributed by atoms with E-state index in [9.17, 15) is 0 Å². The van der Waals surface area contributed by atoms with Crippen LogP contribution in [0.25, 0.3) is 0 Å². The molecule has 0 saturated heterocycles. The van der Waals surface area contributed by atoms with E-state index in [0.717, 1.165) is 18.0 Å². The Kier molecular flexibility index (Phi) is 7.11. The number of hydrogen-bond donors (Lipinski definition) is 1. The molecule has 96 valence electrons. The molecule has 0 heterocycles. The number of anilines is 1. The van der Waals surface area contributed by atoms with Crippen molar-refractivity contribution in [1.29, 1.82) is 0 Å². The fraction of sp³-hybridized carbons (Fsp3) is 0.600. The normalized spacial score (nSPS) is 12.4. The SMILES string of the molecule is CCCCCC(C)CCc1cccc(NCl)c1. The third kappa shape index (κ3) is 5.97. The highest BCUT2D eigenvalue weighted by Crippen LogP contribution is 2.18. The fourth-order valence-corrected chi connectivity index (χ4v) is 2.20. The van der Waals surface area contributed by atoms with E-state index < -0.39 is 0 Å². The van der Waals surface area contributed by atoms with Crippen molar-refractivity contribution in [3.63, 3.8) is 0 Å². The monoisotopic (exact) mass is 253 g/mol. The van der Waals surface area contributed by atoms with Crippen LogP contribution in [-0.2, 0) is 6.42 Å². The topological polar surface area (TPSA) is 12.0 Å². The zero-order valence-electron chi connectivity index (χ0n) is 11.0. The van der Waals surface area contributed by atoms with Crippen LogP contribution in [0.5, 0.6) is 0 Å². The Morgan fingerprint density at radius 3 is 2.76 bits per heavy atom. The molecule has 0 saturated carbocycles. The standard InChI is InChI=1S/C15H24ClN/c1-3-4-5-7-13(2)10-11-14-8-6-9-15(12-14)17-16/h6,8-9,12-13,17H,3-5,7,10-11H2,1-2H3. The maximum Gasteiger partial charge on any atom is 0.0494 e. The van der Waals surface area contributed by atoms with Gasteiger partial charge in [0.25, 0.3) is 0 Å². The van der Waals surface area contributed by atoms with Crippen LogP contribution in [-0.4, -0.2) is 0 Å². The number of rotatable bonds is 8. The Labute approximate surface area is 111 Å². The third-order valence-electron chi connectivity index (χ3n) is 3.26. The first-order chi connectivity index (χ1) is 8.26. The zero-order chi connectivity index (χ0) is 12.5. The van der Waals surface area contributed by atoms with E-state index in [1.807, 2.05) is 6.07 Å². The molecule has 0 aliphatic heterocycles. The number of aryl methyl sites for hydroxylation is 1. The third-order valence-corrected chi connectivity index (χ3v) is 3.48. The summed E-state index contributed by atoms with van der Waals surface area (Å²) in [6.07, 6.45) is 7.85. The van der Waals surface area contributed by atoms with Gasteiger partial charge in [-0.1, -0.05) is 51.7 Å². The highest BCUT2D eigenvalue weighted by molar-refractivity contribution is 6.23. The molecule has 1 rings (SSSR count). The summed E-state index contributed by atoms with van der Waals surface area (Å²) in [5.41, 5.74) is 2.36. The van der Waals surface area contributed by atoms with Gasteiger partial charge >= 0.3 is 0 Å². The summed E-state index contributed by atoms with van der Waals surface area (Å²) < 4.78 is 0. The molecule has 1 unspecified atom stereocenters. The van der Waals surface area contributed by atoms with Gasteiger partial charge in [-0.3, -0.25) is 4.84 Å². The van der Waals surface area contributed by atoms with Crippen molar-refractivity contribution >= 4 is 17.5 Å². The summed E-state index contributed by atoms with van der Waals surface area (Å²) >= 11 is 5.60. The highest BCUT2D eigenvalue weighted by Gasteiger charge is 2.03. The zero-order valence-corrected chi connectivity index (χ0v) is 11.8. The molecule has 1 nitrogen and oxygen atoms in total. The summed E-state index contributed by atoms with van der Waals surface area (Å²) in [5, 5.41) is 0. The smallest absolute Gasteiger partial charge is 0.0494 e. The van der Waals surface area contributed by atoms with Crippen LogP contribution in [0.3, 0.4) is 0 Å². The summed E-state index contributed by atoms with van der Waals surface area (Å²) in [5.74, 6) is 0.828. The van der Waals surface area contributed by atoms with Gasteiger partial charge in [0.05, 0.1) is 0 Å². The molecule has 0 spiro atoms. The second kappa shape index (κ2) is 8.41. The molecule has 1 N–H and O–H groups in total. The number of nitrogens with one attached hydrogen (secondary N) is 1. The molecule has 1 aromatic rings. The molecule has 0 aromatic heterocycles. The molecule has 0 amide bonds. The Bertz CT molecular complexity index is 312. The molecular weight excluding hydrogens is 230 g/mol. The second-order valence-corrected chi connectivity index (χ2v) is 5.12. The van der Waals surface area contributed by atoms with Gasteiger partial charge in [-0.2, -0.15) is 0 Å². The van der Waals surface area contributed by atoms with Crippen molar-refractivity contribution in [2.24, 2.45) is 5.92 Å². The van der Waals surface area contributed by atoms with Crippen LogP contribution in [0.4, 0.5) is 5.69 Å². The quantitative estimate of drug-likeness (QED) is 0.483. The van der Waals surface area contributed by atoms with E-state index >= 15 is 0 Å². The number of benzene rings is 1. The molecule has 1 atom stereocenters. The number of halogens is 1. The minimum absolute atomic E-state index is 0.828. The van der Waals surface area contributed by atoms with Crippen LogP contribution in [0, 0.1) is 5.92 Å². The van der Waals surface area contributed by atoms with Crippen molar-refractivity contribution in [3.05, 3.63) is 29.8 Å². The molecule has 0 bridgehead atoms. The van der Waals surface area contributed by atoms with Crippen molar-refractivity contribution in [3.8, 4) is 0 Å². The first-order valence-electron chi connectivity index (χ1n) is 6.71. The molecule has 0 radical (unpaired) electrons. The van der Waals surface area contributed by atoms with E-state index in [0.29, 0.717) is 0 Å². The van der Waals surface area contributed by atoms with Crippen LogP contribution in [0.2, 0.25) is 0 Å². The minimum Gasteiger partial charge on any atom is -0.299 e. The Morgan fingerprint density at radius 1 is 1.24 bits per heavy atom. The lowest BCUT2D eigenvalue weighted by Gasteiger charge is -2.11. The van der Waals surface area contributed by atoms with E-state index in [-0.39, 0.29) is 0 Å². The van der Waals surface area contributed by atoms with Gasteiger partial charge in [0.2, 0.25) is 0 Å². The van der Waals surface area contributed by atoms with E-state index in [1.54, 1.807) is 0 Å². The van der Waals surface area contributed by atoms with Crippen LogP contribution in [0.15, 0.2) is 24.3 Å². The van der Waals surface area contributed by atoms with Gasteiger partial charge in [-0.15, -0.1) is 0 Å². The maximum absolute atomic E-state index is 5.60. The lowest BCUT2D eigenvalue weighted by Crippen LogP contribution is -1.98. The van der Waals surface area contributed by atoms with Crippen LogP contribution < -0.4 is 4.84 Å². The van der Waals surface area contributed by atoms with Crippen LogP contribution in [0.1, 0.15) is 51.5 Å². The lowest BCUT2D eigenvalue weighted by atomic mass is 9.96. The Balaban J connectivity index is 2.28. The molecule has 2 heteroatoms. The minimum atomic E-state index is 0.828. The van der Waals surface area contributed by atoms with Gasteiger partial charge < -0.3 is 0 Å². The molecule has 0 aliphatic rings. The maximum atomic E-state index is 5.60. The van der Waals surface area contributed by atoms with Gasteiger partial charge in [0.1, 0.15) is 0 Å². The Morgan fingerprint density at radius 2 is 2.06 bits per heavy atom. The fourth-order valence-electron chi connectivity index (χ4n) is 2.09. The summed E-state index contributed by atoms with van der Waals surface area (Å²) in [6, 6.07) is 8.35. The molecular formula is C15H24ClN. The highest BCUT2D eigenvalue weighted by atomic mass is 35.5. The predicted molar refractivity (Wildman–Crippen MR) is 77.5 cm³/mol. The first kappa shape index (κ1) is 14.4. The lowest BCUT2D eigenvalue weighted by molar-refractivity contribution is 0.464. The van der Waals surface area contributed by atoms with Gasteiger partial charge in [-0.05, 0) is 36.5 Å². The van der Waals surface area contributed by atoms with Crippen molar-refractivity contribution in [2.45, 2.75) is 52.4 Å². The largest absolute Gasteiger partial charge is 0.299 e. The number of unbranched alkanes of at least 4 members (excludes halogenated alkanes) is 2. The first-order valence-corrected chi connectivity index (χ1v) is 7.09.